The fourth-order valence-corrected chi connectivity index (χ4v) is 2.82. The molecule has 1 atom stereocenters. The van der Waals surface area contributed by atoms with Gasteiger partial charge in [0.25, 0.3) is 5.91 Å². The van der Waals surface area contributed by atoms with Crippen molar-refractivity contribution in [2.75, 3.05) is 0 Å². The second-order valence-electron chi connectivity index (χ2n) is 6.37. The lowest BCUT2D eigenvalue weighted by atomic mass is 10.1. The van der Waals surface area contributed by atoms with E-state index in [4.69, 9.17) is 32.5 Å². The summed E-state index contributed by atoms with van der Waals surface area (Å²) in [6.07, 6.45) is -0.696. The largest absolute Gasteiger partial charge is 0.481 e. The first-order valence-corrected chi connectivity index (χ1v) is 9.38. The zero-order valence-corrected chi connectivity index (χ0v) is 17.1. The monoisotopic (exact) mass is 419 g/mol. The summed E-state index contributed by atoms with van der Waals surface area (Å²) in [5.74, 6) is 1.02. The van der Waals surface area contributed by atoms with E-state index in [0.29, 0.717) is 27.5 Å². The third-order valence-corrected chi connectivity index (χ3v) is 4.92. The van der Waals surface area contributed by atoms with E-state index in [-0.39, 0.29) is 12.5 Å². The molecule has 0 aliphatic rings. The molecule has 1 aromatic heterocycles. The molecule has 146 valence electrons. The average molecular weight is 420 g/mol. The van der Waals surface area contributed by atoms with E-state index in [0.717, 1.165) is 16.7 Å². The Hall–Kier alpha value is -2.57. The zero-order valence-electron chi connectivity index (χ0n) is 15.6. The molecule has 8 heteroatoms. The topological polar surface area (TPSA) is 77.2 Å². The maximum Gasteiger partial charge on any atom is 0.261 e. The maximum atomic E-state index is 12.3. The Morgan fingerprint density at radius 2 is 1.82 bits per heavy atom. The van der Waals surface area contributed by atoms with Gasteiger partial charge >= 0.3 is 0 Å². The molecule has 28 heavy (non-hydrogen) atoms. The predicted molar refractivity (Wildman–Crippen MR) is 108 cm³/mol. The second-order valence-corrected chi connectivity index (χ2v) is 7.18. The van der Waals surface area contributed by atoms with Crippen LogP contribution >= 0.6 is 23.2 Å². The first-order chi connectivity index (χ1) is 13.3. The van der Waals surface area contributed by atoms with Gasteiger partial charge in [0.1, 0.15) is 5.75 Å². The predicted octanol–water partition coefficient (Wildman–Crippen LogP) is 4.74. The molecule has 2 aromatic carbocycles. The quantitative estimate of drug-likeness (QED) is 0.623. The minimum atomic E-state index is -0.696. The Labute approximate surface area is 172 Å². The van der Waals surface area contributed by atoms with Crippen LogP contribution in [0.3, 0.4) is 0 Å². The molecular formula is C20H19Cl2N3O3. The number of aromatic nitrogens is 2. The number of amides is 1. The number of nitrogens with one attached hydrogen (secondary N) is 1. The van der Waals surface area contributed by atoms with E-state index in [1.54, 1.807) is 43.3 Å². The number of nitrogens with zero attached hydrogens (tertiary/aromatic N) is 2. The second kappa shape index (κ2) is 8.63. The first-order valence-electron chi connectivity index (χ1n) is 8.63. The Balaban J connectivity index is 1.57. The molecule has 0 saturated carbocycles. The van der Waals surface area contributed by atoms with E-state index in [9.17, 15) is 4.79 Å². The van der Waals surface area contributed by atoms with E-state index in [2.05, 4.69) is 15.5 Å². The molecule has 0 fully saturated rings. The molecule has 0 radical (unpaired) electrons. The number of benzene rings is 2. The molecule has 6 nitrogen and oxygen atoms in total. The van der Waals surface area contributed by atoms with Crippen molar-refractivity contribution in [3.05, 3.63) is 63.5 Å². The van der Waals surface area contributed by atoms with Crippen molar-refractivity contribution < 1.29 is 14.1 Å². The number of hydrogen-bond acceptors (Lipinski definition) is 5. The van der Waals surface area contributed by atoms with Gasteiger partial charge in [-0.25, -0.2) is 0 Å². The maximum absolute atomic E-state index is 12.3. The van der Waals surface area contributed by atoms with Gasteiger partial charge in [-0.2, -0.15) is 4.98 Å². The third kappa shape index (κ3) is 4.82. The molecule has 1 N–H and O–H groups in total. The van der Waals surface area contributed by atoms with Crippen LogP contribution < -0.4 is 10.1 Å². The molecule has 0 saturated heterocycles. The number of rotatable bonds is 6. The first kappa shape index (κ1) is 20.2. The SMILES string of the molecule is Cc1cc(O[C@H](C)C(=O)NCc2nc(-c3ccc(Cl)cc3)no2)cc(C)c1Cl. The molecule has 0 unspecified atom stereocenters. The standard InChI is InChI=1S/C20H19Cl2N3O3/c1-11-8-16(9-12(2)18(11)22)27-13(3)20(26)23-10-17-24-19(25-28-17)14-4-6-15(21)7-5-14/h4-9,13H,10H2,1-3H3,(H,23,26)/t13-/m1/s1. The Morgan fingerprint density at radius 3 is 2.46 bits per heavy atom. The average Bonchev–Trinajstić information content (AvgIpc) is 3.13. The molecule has 1 heterocycles. The minimum Gasteiger partial charge on any atom is -0.481 e. The van der Waals surface area contributed by atoms with Crippen LogP contribution in [0.25, 0.3) is 11.4 Å². The molecule has 0 aliphatic carbocycles. The highest BCUT2D eigenvalue weighted by atomic mass is 35.5. The van der Waals surface area contributed by atoms with Crippen LogP contribution in [0, 0.1) is 13.8 Å². The van der Waals surface area contributed by atoms with Crippen molar-refractivity contribution in [3.63, 3.8) is 0 Å². The molecule has 3 rings (SSSR count). The van der Waals surface area contributed by atoms with E-state index in [1.165, 1.54) is 0 Å². The van der Waals surface area contributed by atoms with Gasteiger partial charge in [0.15, 0.2) is 6.10 Å². The normalized spacial score (nSPS) is 11.9. The summed E-state index contributed by atoms with van der Waals surface area (Å²) in [4.78, 5) is 16.6. The van der Waals surface area contributed by atoms with Crippen LogP contribution in [0.2, 0.25) is 10.0 Å². The number of halogens is 2. The molecule has 0 spiro atoms. The number of aryl methyl sites for hydroxylation is 2. The molecular weight excluding hydrogens is 401 g/mol. The summed E-state index contributed by atoms with van der Waals surface area (Å²) >= 11 is 12.0. The van der Waals surface area contributed by atoms with Gasteiger partial charge in [-0.1, -0.05) is 28.4 Å². The van der Waals surface area contributed by atoms with Crippen molar-refractivity contribution >= 4 is 29.1 Å². The number of ether oxygens (including phenoxy) is 1. The van der Waals surface area contributed by atoms with Gasteiger partial charge in [0, 0.05) is 15.6 Å². The summed E-state index contributed by atoms with van der Waals surface area (Å²) < 4.78 is 10.9. The van der Waals surface area contributed by atoms with Gasteiger partial charge in [-0.3, -0.25) is 4.79 Å². The summed E-state index contributed by atoms with van der Waals surface area (Å²) in [6, 6.07) is 10.7. The van der Waals surface area contributed by atoms with Crippen molar-refractivity contribution in [3.8, 4) is 17.1 Å². The van der Waals surface area contributed by atoms with Crippen LogP contribution in [0.5, 0.6) is 5.75 Å². The van der Waals surface area contributed by atoms with E-state index in [1.807, 2.05) is 13.8 Å². The van der Waals surface area contributed by atoms with Crippen LogP contribution in [0.15, 0.2) is 40.9 Å². The number of carbonyl (C=O) groups excluding carboxylic acids is 1. The summed E-state index contributed by atoms with van der Waals surface area (Å²) in [7, 11) is 0. The van der Waals surface area contributed by atoms with Crippen molar-refractivity contribution in [1.29, 1.82) is 0 Å². The van der Waals surface area contributed by atoms with Gasteiger partial charge < -0.3 is 14.6 Å². The summed E-state index contributed by atoms with van der Waals surface area (Å²) in [5.41, 5.74) is 2.56. The highest BCUT2D eigenvalue weighted by Gasteiger charge is 2.17. The van der Waals surface area contributed by atoms with Gasteiger partial charge in [0.05, 0.1) is 6.54 Å². The number of hydrogen-bond donors (Lipinski definition) is 1. The Bertz CT molecular complexity index is 964. The summed E-state index contributed by atoms with van der Waals surface area (Å²) in [5, 5.41) is 7.95. The van der Waals surface area contributed by atoms with E-state index >= 15 is 0 Å². The molecule has 0 bridgehead atoms. The van der Waals surface area contributed by atoms with Crippen molar-refractivity contribution in [2.45, 2.75) is 33.4 Å². The van der Waals surface area contributed by atoms with Crippen molar-refractivity contribution in [1.82, 2.24) is 15.5 Å². The van der Waals surface area contributed by atoms with Crippen molar-refractivity contribution in [2.24, 2.45) is 0 Å². The highest BCUT2D eigenvalue weighted by Crippen LogP contribution is 2.26. The van der Waals surface area contributed by atoms with Crippen LogP contribution in [0.4, 0.5) is 0 Å². The smallest absolute Gasteiger partial charge is 0.261 e. The van der Waals surface area contributed by atoms with Crippen LogP contribution in [0.1, 0.15) is 23.9 Å². The molecule has 3 aromatic rings. The lowest BCUT2D eigenvalue weighted by molar-refractivity contribution is -0.127. The van der Waals surface area contributed by atoms with Gasteiger partial charge in [-0.15, -0.1) is 0 Å². The van der Waals surface area contributed by atoms with E-state index < -0.39 is 6.10 Å². The van der Waals surface area contributed by atoms with Gasteiger partial charge in [-0.05, 0) is 68.3 Å². The third-order valence-electron chi connectivity index (χ3n) is 4.08. The van der Waals surface area contributed by atoms with Crippen LogP contribution in [-0.4, -0.2) is 22.2 Å². The fraction of sp³-hybridized carbons (Fsp3) is 0.250. The highest BCUT2D eigenvalue weighted by molar-refractivity contribution is 6.32. The lowest BCUT2D eigenvalue weighted by Gasteiger charge is -2.15. The molecule has 0 aliphatic heterocycles. The zero-order chi connectivity index (χ0) is 20.3. The van der Waals surface area contributed by atoms with Crippen LogP contribution in [-0.2, 0) is 11.3 Å². The summed E-state index contributed by atoms with van der Waals surface area (Å²) in [6.45, 7) is 5.55. The Morgan fingerprint density at radius 1 is 1.18 bits per heavy atom. The fourth-order valence-electron chi connectivity index (χ4n) is 2.58. The lowest BCUT2D eigenvalue weighted by Crippen LogP contribution is -2.36. The minimum absolute atomic E-state index is 0.103. The Kier molecular flexibility index (Phi) is 6.21. The number of carbonyl (C=O) groups is 1. The molecule has 1 amide bonds. The van der Waals surface area contributed by atoms with Gasteiger partial charge in [0.2, 0.25) is 11.7 Å².